The number of rotatable bonds is 13. The van der Waals surface area contributed by atoms with E-state index in [-0.39, 0.29) is 55.6 Å². The quantitative estimate of drug-likeness (QED) is 0.0355. The molecule has 0 spiro atoms. The normalized spacial score (nSPS) is 14.2. The summed E-state index contributed by atoms with van der Waals surface area (Å²) in [6, 6.07) is 106. The van der Waals surface area contributed by atoms with Crippen LogP contribution in [0.3, 0.4) is 0 Å². The van der Waals surface area contributed by atoms with E-state index in [0.29, 0.717) is 0 Å². The van der Waals surface area contributed by atoms with Crippen LogP contribution in [0.15, 0.2) is 322 Å². The van der Waals surface area contributed by atoms with Gasteiger partial charge in [-0.2, -0.15) is 0 Å². The Kier molecular flexibility index (Phi) is 20.8. The molecule has 14 rings (SSSR count). The molecule has 0 heterocycles. The smallest absolute Gasteiger partial charge is 0.366 e. The Morgan fingerprint density at radius 2 is 0.686 bits per heavy atom. The molecule has 0 radical (unpaired) electrons. The predicted octanol–water partition coefficient (Wildman–Crippen LogP) is 18.0. The number of hydrogen-bond donors (Lipinski definition) is 0. The zero-order valence-electron chi connectivity index (χ0n) is 47.8. The summed E-state index contributed by atoms with van der Waals surface area (Å²) in [6.07, 6.45) is 31.5. The first kappa shape index (κ1) is 61.4. The van der Waals surface area contributed by atoms with Gasteiger partial charge >= 0.3 is 44.8 Å². The number of fused-ring (bicyclic) bond motifs is 6. The monoisotopic (exact) mass is 1510 g/mol. The van der Waals surface area contributed by atoms with Crippen LogP contribution in [0, 0.1) is 24.7 Å². The zero-order valence-corrected chi connectivity index (χ0v) is 54.1. The molecule has 2 unspecified atom stereocenters. The topological polar surface area (TPSA) is 0 Å². The van der Waals surface area contributed by atoms with Crippen LogP contribution in [-0.4, -0.2) is 18.0 Å². The number of unbranched alkanes of at least 4 members (excludes halogenated alkanes) is 1. The number of benzene rings is 11. The number of hydrogen-bond acceptors (Lipinski definition) is 0. The summed E-state index contributed by atoms with van der Waals surface area (Å²) in [5.74, 6) is 5.32. The molecule has 0 N–H and O–H groups in total. The Balaban J connectivity index is 0.000000142. The van der Waals surface area contributed by atoms with Crippen LogP contribution in [0.1, 0.15) is 74.9 Å². The fraction of sp³-hybridized carbons (Fsp3) is 0.0976. The molecule has 0 saturated heterocycles. The molecule has 4 heteroatoms. The largest absolute Gasteiger partial charge is 1.00 e. The third-order valence-electron chi connectivity index (χ3n) is 17.2. The molecule has 11 aromatic rings. The Morgan fingerprint density at radius 3 is 1.06 bits per heavy atom. The second-order valence-electron chi connectivity index (χ2n) is 21.7. The van der Waals surface area contributed by atoms with Gasteiger partial charge in [0, 0.05) is 14.3 Å². The van der Waals surface area contributed by atoms with Crippen LogP contribution in [0.25, 0.3) is 22.3 Å². The van der Waals surface area contributed by atoms with Gasteiger partial charge in [0.15, 0.2) is 0 Å². The van der Waals surface area contributed by atoms with Gasteiger partial charge < -0.3 is 12.8 Å². The minimum Gasteiger partial charge on any atom is -0.366 e. The molecule has 0 fully saturated rings. The van der Waals surface area contributed by atoms with E-state index in [1.807, 2.05) is 24.3 Å². The molecule has 0 saturated carbocycles. The molecule has 0 amide bonds. The molecule has 86 heavy (non-hydrogen) atoms. The molecule has 11 aromatic carbocycles. The summed E-state index contributed by atoms with van der Waals surface area (Å²) < 4.78 is 0. The molecule has 3 aliphatic carbocycles. The van der Waals surface area contributed by atoms with Crippen LogP contribution >= 0.6 is 15.8 Å². The summed E-state index contributed by atoms with van der Waals surface area (Å²) in [5, 5.41) is 4.69. The maximum absolute atomic E-state index is 7.84. The first-order chi connectivity index (χ1) is 41.7. The van der Waals surface area contributed by atoms with Crippen molar-refractivity contribution in [3.63, 3.8) is 0 Å². The van der Waals surface area contributed by atoms with Crippen LogP contribution in [-0.2, 0) is 55.6 Å². The minimum atomic E-state index is -0.700. The summed E-state index contributed by atoms with van der Waals surface area (Å²) in [6.45, 7) is 0. The van der Waals surface area contributed by atoms with Gasteiger partial charge in [0.1, 0.15) is 0 Å². The van der Waals surface area contributed by atoms with Crippen LogP contribution in [0.5, 0.6) is 0 Å². The van der Waals surface area contributed by atoms with Gasteiger partial charge in [-0.1, -0.05) is 278 Å². The standard InChI is InChI=1S/C28H30P2.2C27H17.2Au/c1-5-15-25(16-6-1)29(26-17-7-2-8-18-26)23-13-14-24-30(27-19-9-3-10-20-27)28-21-11-4-12-22-28;2*1-2-20-12-11-19-25-26(20)23-17-9-10-18-24(23)27(25,21-13-5-3-6-14-21)22-15-7-4-8-16-22;;/h1-12,15-21,28H,13-14,22-24H2;2*3-19H;;/q;2*-1;2*+1/p+2. The van der Waals surface area contributed by atoms with E-state index >= 15 is 0 Å². The van der Waals surface area contributed by atoms with Crippen molar-refractivity contribution in [2.45, 2.75) is 35.8 Å². The maximum atomic E-state index is 7.84. The zero-order chi connectivity index (χ0) is 57.0. The van der Waals surface area contributed by atoms with Crippen molar-refractivity contribution < 1.29 is 44.8 Å². The van der Waals surface area contributed by atoms with Crippen LogP contribution < -0.4 is 15.9 Å². The molecular weight excluding hydrogens is 1440 g/mol. The van der Waals surface area contributed by atoms with E-state index < -0.39 is 15.8 Å². The van der Waals surface area contributed by atoms with Gasteiger partial charge in [-0.05, 0) is 111 Å². The molecule has 0 bridgehead atoms. The van der Waals surface area contributed by atoms with E-state index in [2.05, 4.69) is 309 Å². The van der Waals surface area contributed by atoms with Crippen LogP contribution in [0.2, 0.25) is 0 Å². The van der Waals surface area contributed by atoms with E-state index in [4.69, 9.17) is 12.8 Å². The summed E-state index contributed by atoms with van der Waals surface area (Å²) in [4.78, 5) is 0. The van der Waals surface area contributed by atoms with E-state index in [9.17, 15) is 0 Å². The van der Waals surface area contributed by atoms with Crippen molar-refractivity contribution in [1.29, 1.82) is 0 Å². The molecule has 0 aliphatic heterocycles. The van der Waals surface area contributed by atoms with Crippen molar-refractivity contribution in [3.8, 4) is 34.1 Å². The van der Waals surface area contributed by atoms with E-state index in [0.717, 1.165) is 27.9 Å². The Bertz CT molecular complexity index is 3820. The summed E-state index contributed by atoms with van der Waals surface area (Å²) in [7, 11) is -1.28. The Morgan fingerprint density at radius 1 is 0.349 bits per heavy atom. The average Bonchev–Trinajstić information content (AvgIpc) is 1.57. The van der Waals surface area contributed by atoms with Crippen LogP contribution in [0.4, 0.5) is 0 Å². The molecule has 424 valence electrons. The predicted molar refractivity (Wildman–Crippen MR) is 360 cm³/mol. The molecule has 0 nitrogen and oxygen atoms in total. The summed E-state index contributed by atoms with van der Waals surface area (Å²) >= 11 is 0. The second-order valence-corrected chi connectivity index (χ2v) is 27.2. The molecular formula is C82H66Au2P2+2. The molecule has 0 aromatic heterocycles. The van der Waals surface area contributed by atoms with Crippen molar-refractivity contribution in [1.82, 2.24) is 0 Å². The summed E-state index contributed by atoms with van der Waals surface area (Å²) in [5.41, 5.74) is 16.2. The second kappa shape index (κ2) is 29.2. The fourth-order valence-electron chi connectivity index (χ4n) is 13.6. The Hall–Kier alpha value is -7.64. The van der Waals surface area contributed by atoms with E-state index in [1.54, 1.807) is 15.9 Å². The third-order valence-corrected chi connectivity index (χ3v) is 23.4. The van der Waals surface area contributed by atoms with Gasteiger partial charge in [-0.3, -0.25) is 11.8 Å². The SMILES string of the molecule is C1=CCC([PH+](CCCC[PH+](c2ccccc2)c2ccccc2)c2ccccc2)C=C1.[Au+].[Au+].[C-]#Cc1cccc2c1-c1ccccc1C2(c1ccccc1)c1ccccc1.[C-]#Cc1cccc2c1-c1ccccc1C2(c1ccccc1)c1ccccc1. The molecule has 3 aliphatic rings. The third kappa shape index (κ3) is 12.1. The van der Waals surface area contributed by atoms with Crippen molar-refractivity contribution in [3.05, 3.63) is 390 Å². The van der Waals surface area contributed by atoms with Gasteiger partial charge in [0.2, 0.25) is 0 Å². The van der Waals surface area contributed by atoms with Gasteiger partial charge in [0.05, 0.1) is 52.6 Å². The first-order valence-electron chi connectivity index (χ1n) is 29.4. The van der Waals surface area contributed by atoms with Gasteiger partial charge in [-0.15, -0.1) is 23.3 Å². The van der Waals surface area contributed by atoms with E-state index in [1.165, 1.54) is 87.2 Å². The first-order valence-corrected chi connectivity index (χ1v) is 32.9. The van der Waals surface area contributed by atoms with Gasteiger partial charge in [-0.25, -0.2) is 0 Å². The van der Waals surface area contributed by atoms with Gasteiger partial charge in [0.25, 0.3) is 0 Å². The maximum Gasteiger partial charge on any atom is 1.00 e. The van der Waals surface area contributed by atoms with Crippen molar-refractivity contribution in [2.75, 3.05) is 12.3 Å². The van der Waals surface area contributed by atoms with Crippen molar-refractivity contribution in [2.24, 2.45) is 0 Å². The average molecular weight is 1510 g/mol. The fourth-order valence-corrected chi connectivity index (χ4v) is 19.4. The number of allylic oxidation sites excluding steroid dienone is 4. The minimum absolute atomic E-state index is 0. The van der Waals surface area contributed by atoms with Crippen molar-refractivity contribution >= 4 is 31.8 Å². The molecule has 2 atom stereocenters. The Labute approximate surface area is 544 Å².